The first-order valence-corrected chi connectivity index (χ1v) is 9.57. The summed E-state index contributed by atoms with van der Waals surface area (Å²) < 4.78 is 53.0. The van der Waals surface area contributed by atoms with Crippen LogP contribution in [0.15, 0.2) is 47.4 Å². The maximum atomic E-state index is 13.3. The molecule has 0 N–H and O–H groups in total. The first-order valence-electron chi connectivity index (χ1n) is 7.75. The summed E-state index contributed by atoms with van der Waals surface area (Å²) in [5, 5.41) is -0.121. The van der Waals surface area contributed by atoms with E-state index >= 15 is 0 Å². The van der Waals surface area contributed by atoms with Crippen molar-refractivity contribution in [3.05, 3.63) is 59.1 Å². The van der Waals surface area contributed by atoms with Gasteiger partial charge in [-0.2, -0.15) is 4.31 Å². The zero-order chi connectivity index (χ0) is 19.1. The Balaban J connectivity index is 1.87. The van der Waals surface area contributed by atoms with Crippen LogP contribution >= 0.6 is 11.6 Å². The van der Waals surface area contributed by atoms with Crippen molar-refractivity contribution in [1.29, 1.82) is 0 Å². The number of rotatable bonds is 3. The van der Waals surface area contributed by atoms with Gasteiger partial charge in [0, 0.05) is 18.8 Å². The monoisotopic (exact) mass is 400 g/mol. The van der Waals surface area contributed by atoms with Crippen LogP contribution in [-0.2, 0) is 14.8 Å². The van der Waals surface area contributed by atoms with Crippen molar-refractivity contribution in [2.75, 3.05) is 18.0 Å². The molecule has 0 saturated carbocycles. The third-order valence-electron chi connectivity index (χ3n) is 4.23. The second kappa shape index (κ2) is 6.94. The highest BCUT2D eigenvalue weighted by Gasteiger charge is 2.39. The summed E-state index contributed by atoms with van der Waals surface area (Å²) in [5.41, 5.74) is 0.395. The predicted octanol–water partition coefficient (Wildman–Crippen LogP) is 3.04. The van der Waals surface area contributed by atoms with E-state index < -0.39 is 33.6 Å². The maximum absolute atomic E-state index is 13.3. The Labute approximate surface area is 154 Å². The molecule has 9 heteroatoms. The first kappa shape index (κ1) is 18.8. The van der Waals surface area contributed by atoms with Crippen LogP contribution in [0.1, 0.15) is 6.92 Å². The minimum Gasteiger partial charge on any atom is -0.310 e. The van der Waals surface area contributed by atoms with Gasteiger partial charge in [0.15, 0.2) is 0 Å². The molecule has 5 nitrogen and oxygen atoms in total. The van der Waals surface area contributed by atoms with Gasteiger partial charge in [0.25, 0.3) is 0 Å². The van der Waals surface area contributed by atoms with Gasteiger partial charge in [-0.1, -0.05) is 11.6 Å². The molecular weight excluding hydrogens is 386 g/mol. The zero-order valence-corrected chi connectivity index (χ0v) is 15.3. The molecule has 1 saturated heterocycles. The van der Waals surface area contributed by atoms with E-state index in [2.05, 4.69) is 0 Å². The molecule has 1 aliphatic heterocycles. The minimum atomic E-state index is -3.95. The molecule has 0 aromatic heterocycles. The fourth-order valence-electron chi connectivity index (χ4n) is 2.83. The van der Waals surface area contributed by atoms with E-state index in [-0.39, 0.29) is 23.0 Å². The quantitative estimate of drug-likeness (QED) is 0.795. The van der Waals surface area contributed by atoms with E-state index in [0.29, 0.717) is 5.69 Å². The molecule has 1 amide bonds. The molecule has 0 radical (unpaired) electrons. The van der Waals surface area contributed by atoms with Gasteiger partial charge in [0.1, 0.15) is 17.7 Å². The second-order valence-electron chi connectivity index (χ2n) is 5.83. The summed E-state index contributed by atoms with van der Waals surface area (Å²) in [7, 11) is -3.95. The van der Waals surface area contributed by atoms with Crippen molar-refractivity contribution in [1.82, 2.24) is 4.31 Å². The van der Waals surface area contributed by atoms with E-state index in [1.54, 1.807) is 0 Å². The fourth-order valence-corrected chi connectivity index (χ4v) is 4.58. The molecule has 1 heterocycles. The number of carbonyl (C=O) groups excluding carboxylic acids is 1. The van der Waals surface area contributed by atoms with Crippen molar-refractivity contribution in [3.63, 3.8) is 0 Å². The molecule has 0 spiro atoms. The number of halogens is 3. The molecule has 0 bridgehead atoms. The van der Waals surface area contributed by atoms with Gasteiger partial charge in [-0.15, -0.1) is 0 Å². The molecule has 26 heavy (non-hydrogen) atoms. The third-order valence-corrected chi connectivity index (χ3v) is 6.51. The average molecular weight is 401 g/mol. The van der Waals surface area contributed by atoms with E-state index in [1.165, 1.54) is 24.0 Å². The van der Waals surface area contributed by atoms with Gasteiger partial charge in [0.05, 0.1) is 9.92 Å². The van der Waals surface area contributed by atoms with Crippen LogP contribution in [0.3, 0.4) is 0 Å². The zero-order valence-electron chi connectivity index (χ0n) is 13.7. The van der Waals surface area contributed by atoms with Gasteiger partial charge >= 0.3 is 0 Å². The summed E-state index contributed by atoms with van der Waals surface area (Å²) in [5.74, 6) is -1.61. The van der Waals surface area contributed by atoms with E-state index in [9.17, 15) is 22.0 Å². The topological polar surface area (TPSA) is 57.7 Å². The molecule has 2 aromatic carbocycles. The number of benzene rings is 2. The SMILES string of the molecule is C[C@H]1C(=O)N(c2ccc(F)c(Cl)c2)CCN1S(=O)(=O)c1ccc(F)cc1. The Morgan fingerprint density at radius 2 is 1.73 bits per heavy atom. The van der Waals surface area contributed by atoms with Crippen molar-refractivity contribution in [2.45, 2.75) is 17.9 Å². The summed E-state index contributed by atoms with van der Waals surface area (Å²) in [6.45, 7) is 1.61. The third kappa shape index (κ3) is 3.32. The molecule has 0 aliphatic carbocycles. The summed E-state index contributed by atoms with van der Waals surface area (Å²) >= 11 is 5.76. The van der Waals surface area contributed by atoms with Gasteiger partial charge in [-0.3, -0.25) is 4.79 Å². The van der Waals surface area contributed by atoms with E-state index in [1.807, 2.05) is 0 Å². The summed E-state index contributed by atoms with van der Waals surface area (Å²) in [6, 6.07) is 7.34. The Morgan fingerprint density at radius 3 is 2.35 bits per heavy atom. The van der Waals surface area contributed by atoms with E-state index in [0.717, 1.165) is 34.6 Å². The Bertz CT molecular complexity index is 951. The highest BCUT2D eigenvalue weighted by atomic mass is 35.5. The van der Waals surface area contributed by atoms with Crippen LogP contribution < -0.4 is 4.90 Å². The van der Waals surface area contributed by atoms with Crippen molar-refractivity contribution in [2.24, 2.45) is 0 Å². The Kier molecular flexibility index (Phi) is 5.01. The average Bonchev–Trinajstić information content (AvgIpc) is 2.60. The molecule has 138 valence electrons. The van der Waals surface area contributed by atoms with Crippen LogP contribution in [0.5, 0.6) is 0 Å². The smallest absolute Gasteiger partial charge is 0.245 e. The highest BCUT2D eigenvalue weighted by molar-refractivity contribution is 7.89. The number of nitrogens with zero attached hydrogens (tertiary/aromatic N) is 2. The highest BCUT2D eigenvalue weighted by Crippen LogP contribution is 2.28. The van der Waals surface area contributed by atoms with Gasteiger partial charge < -0.3 is 4.90 Å². The lowest BCUT2D eigenvalue weighted by Gasteiger charge is -2.38. The second-order valence-corrected chi connectivity index (χ2v) is 8.13. The minimum absolute atomic E-state index is 0.0433. The molecule has 2 aromatic rings. The molecule has 1 aliphatic rings. The number of carbonyl (C=O) groups is 1. The summed E-state index contributed by atoms with van der Waals surface area (Å²) in [4.78, 5) is 14.0. The first-order chi connectivity index (χ1) is 12.2. The van der Waals surface area contributed by atoms with Crippen molar-refractivity contribution < 1.29 is 22.0 Å². The fraction of sp³-hybridized carbons (Fsp3) is 0.235. The van der Waals surface area contributed by atoms with Gasteiger partial charge in [0.2, 0.25) is 15.9 Å². The number of hydrogen-bond acceptors (Lipinski definition) is 3. The Hall–Kier alpha value is -2.03. The van der Waals surface area contributed by atoms with Crippen LogP contribution in [0.2, 0.25) is 5.02 Å². The van der Waals surface area contributed by atoms with Gasteiger partial charge in [-0.05, 0) is 49.4 Å². The number of anilines is 1. The number of piperazine rings is 1. The molecule has 3 rings (SSSR count). The van der Waals surface area contributed by atoms with Gasteiger partial charge in [-0.25, -0.2) is 17.2 Å². The molecular formula is C17H15ClF2N2O3S. The standard InChI is InChI=1S/C17H15ClF2N2O3S/c1-11-17(23)21(13-4-7-16(20)15(18)10-13)8-9-22(11)26(24,25)14-5-2-12(19)3-6-14/h2-7,10-11H,8-9H2,1H3/t11-/m0/s1. The van der Waals surface area contributed by atoms with Crippen LogP contribution in [0.4, 0.5) is 14.5 Å². The normalized spacial score (nSPS) is 19.0. The lowest BCUT2D eigenvalue weighted by Crippen LogP contribution is -2.57. The maximum Gasteiger partial charge on any atom is 0.245 e. The lowest BCUT2D eigenvalue weighted by molar-refractivity contribution is -0.123. The molecule has 1 fully saturated rings. The van der Waals surface area contributed by atoms with Crippen LogP contribution in [-0.4, -0.2) is 37.8 Å². The van der Waals surface area contributed by atoms with Crippen LogP contribution in [0.25, 0.3) is 0 Å². The van der Waals surface area contributed by atoms with E-state index in [4.69, 9.17) is 11.6 Å². The number of hydrogen-bond donors (Lipinski definition) is 0. The molecule has 1 atom stereocenters. The van der Waals surface area contributed by atoms with Crippen molar-refractivity contribution in [3.8, 4) is 0 Å². The Morgan fingerprint density at radius 1 is 1.08 bits per heavy atom. The largest absolute Gasteiger partial charge is 0.310 e. The lowest BCUT2D eigenvalue weighted by atomic mass is 10.2. The van der Waals surface area contributed by atoms with Crippen molar-refractivity contribution >= 4 is 33.2 Å². The summed E-state index contributed by atoms with van der Waals surface area (Å²) in [6.07, 6.45) is 0. The predicted molar refractivity (Wildman–Crippen MR) is 93.5 cm³/mol. The molecule has 0 unspecified atom stereocenters. The van der Waals surface area contributed by atoms with Crippen LogP contribution in [0, 0.1) is 11.6 Å². The number of amides is 1. The number of sulfonamides is 1.